The zero-order valence-electron chi connectivity index (χ0n) is 20.6. The van der Waals surface area contributed by atoms with Gasteiger partial charge in [-0.05, 0) is 61.9 Å². The van der Waals surface area contributed by atoms with Crippen LogP contribution in [0.25, 0.3) is 11.0 Å². The van der Waals surface area contributed by atoms with Gasteiger partial charge in [0.1, 0.15) is 5.58 Å². The maximum atomic E-state index is 13.1. The van der Waals surface area contributed by atoms with Gasteiger partial charge in [-0.25, -0.2) is 4.79 Å². The first kappa shape index (κ1) is 25.6. The van der Waals surface area contributed by atoms with Crippen molar-refractivity contribution in [2.45, 2.75) is 52.8 Å². The van der Waals surface area contributed by atoms with Gasteiger partial charge in [-0.2, -0.15) is 13.2 Å². The molecular weight excluding hydrogens is 473 g/mol. The van der Waals surface area contributed by atoms with Gasteiger partial charge < -0.3 is 19.7 Å². The van der Waals surface area contributed by atoms with E-state index < -0.39 is 29.3 Å². The fourth-order valence-corrected chi connectivity index (χ4v) is 4.57. The van der Waals surface area contributed by atoms with E-state index >= 15 is 0 Å². The monoisotopic (exact) mass is 502 g/mol. The predicted molar refractivity (Wildman–Crippen MR) is 133 cm³/mol. The average Bonchev–Trinajstić information content (AvgIpc) is 2.78. The number of hydrogen-bond acceptors (Lipinski definition) is 5. The molecule has 0 amide bonds. The lowest BCUT2D eigenvalue weighted by atomic mass is 9.83. The largest absolute Gasteiger partial charge is 0.478 e. The summed E-state index contributed by atoms with van der Waals surface area (Å²) in [5.41, 5.74) is 0.318. The molecule has 0 spiro atoms. The number of nitrogens with one attached hydrogen (secondary N) is 1. The summed E-state index contributed by atoms with van der Waals surface area (Å²) in [5.74, 6) is -1.01. The van der Waals surface area contributed by atoms with Crippen LogP contribution in [0.3, 0.4) is 0 Å². The van der Waals surface area contributed by atoms with Gasteiger partial charge in [-0.15, -0.1) is 0 Å². The van der Waals surface area contributed by atoms with Crippen LogP contribution < -0.4 is 15.6 Å². The van der Waals surface area contributed by atoms with Crippen molar-refractivity contribution in [3.8, 4) is 0 Å². The Bertz CT molecular complexity index is 1370. The minimum Gasteiger partial charge on any atom is -0.478 e. The number of carboxylic acid groups (broad SMARTS) is 1. The molecule has 6 nitrogen and oxygen atoms in total. The molecule has 3 aromatic rings. The SMILES string of the molecule is Cc1cc(C(C)Nc2ccc(C(F)(F)F)cc2C(=O)O)c2oc(N3CCC(C)(C)CC3)cc(=O)c2c1. The normalized spacial score (nSPS) is 16.7. The molecule has 1 aromatic heterocycles. The van der Waals surface area contributed by atoms with Crippen LogP contribution in [0.5, 0.6) is 0 Å². The molecule has 1 aliphatic heterocycles. The number of piperidine rings is 1. The lowest BCUT2D eigenvalue weighted by Crippen LogP contribution is -2.37. The summed E-state index contributed by atoms with van der Waals surface area (Å²) in [5, 5.41) is 12.9. The first-order valence-electron chi connectivity index (χ1n) is 11.8. The number of halogens is 3. The topological polar surface area (TPSA) is 82.8 Å². The second kappa shape index (κ2) is 9.19. The van der Waals surface area contributed by atoms with E-state index in [4.69, 9.17) is 4.42 Å². The van der Waals surface area contributed by atoms with Crippen molar-refractivity contribution in [1.29, 1.82) is 0 Å². The fraction of sp³-hybridized carbons (Fsp3) is 0.407. The number of nitrogens with zero attached hydrogens (tertiary/aromatic N) is 1. The third-order valence-electron chi connectivity index (χ3n) is 6.83. The summed E-state index contributed by atoms with van der Waals surface area (Å²) in [7, 11) is 0. The van der Waals surface area contributed by atoms with Crippen LogP contribution in [0.4, 0.5) is 24.7 Å². The molecule has 1 aliphatic rings. The van der Waals surface area contributed by atoms with E-state index in [1.54, 1.807) is 13.0 Å². The van der Waals surface area contributed by atoms with E-state index in [0.29, 0.717) is 28.5 Å². The van der Waals surface area contributed by atoms with Gasteiger partial charge in [0, 0.05) is 30.4 Å². The molecule has 0 aliphatic carbocycles. The van der Waals surface area contributed by atoms with E-state index in [-0.39, 0.29) is 16.5 Å². The lowest BCUT2D eigenvalue weighted by molar-refractivity contribution is -0.137. The van der Waals surface area contributed by atoms with Crippen LogP contribution in [0.15, 0.2) is 45.6 Å². The summed E-state index contributed by atoms with van der Waals surface area (Å²) < 4.78 is 45.6. The van der Waals surface area contributed by atoms with Crippen molar-refractivity contribution in [2.24, 2.45) is 5.41 Å². The number of alkyl halides is 3. The minimum atomic E-state index is -4.66. The fourth-order valence-electron chi connectivity index (χ4n) is 4.57. The second-order valence-corrected chi connectivity index (χ2v) is 10.3. The Kier molecular flexibility index (Phi) is 6.53. The molecule has 9 heteroatoms. The number of aromatic carboxylic acids is 1. The highest BCUT2D eigenvalue weighted by molar-refractivity contribution is 5.94. The van der Waals surface area contributed by atoms with Gasteiger partial charge >= 0.3 is 12.1 Å². The van der Waals surface area contributed by atoms with Crippen LogP contribution in [0.2, 0.25) is 0 Å². The first-order chi connectivity index (χ1) is 16.7. The van der Waals surface area contributed by atoms with Crippen LogP contribution in [-0.2, 0) is 6.18 Å². The molecule has 36 heavy (non-hydrogen) atoms. The maximum Gasteiger partial charge on any atom is 0.416 e. The smallest absolute Gasteiger partial charge is 0.416 e. The molecule has 1 saturated heterocycles. The van der Waals surface area contributed by atoms with Gasteiger partial charge in [0.25, 0.3) is 0 Å². The molecule has 0 radical (unpaired) electrons. The summed E-state index contributed by atoms with van der Waals surface area (Å²) >= 11 is 0. The van der Waals surface area contributed by atoms with Crippen molar-refractivity contribution >= 4 is 28.5 Å². The van der Waals surface area contributed by atoms with Crippen molar-refractivity contribution < 1.29 is 27.5 Å². The highest BCUT2D eigenvalue weighted by Gasteiger charge is 2.32. The Morgan fingerprint density at radius 1 is 1.14 bits per heavy atom. The molecule has 2 aromatic carbocycles. The van der Waals surface area contributed by atoms with Crippen molar-refractivity contribution in [3.63, 3.8) is 0 Å². The number of rotatable bonds is 5. The van der Waals surface area contributed by atoms with Crippen molar-refractivity contribution in [1.82, 2.24) is 0 Å². The number of carboxylic acids is 1. The highest BCUT2D eigenvalue weighted by Crippen LogP contribution is 2.36. The number of benzene rings is 2. The molecule has 1 unspecified atom stereocenters. The Labute approximate surface area is 206 Å². The van der Waals surface area contributed by atoms with E-state index in [1.165, 1.54) is 6.07 Å². The molecule has 1 fully saturated rings. The average molecular weight is 503 g/mol. The number of hydrogen-bond donors (Lipinski definition) is 2. The zero-order valence-corrected chi connectivity index (χ0v) is 20.6. The second-order valence-electron chi connectivity index (χ2n) is 10.3. The third-order valence-corrected chi connectivity index (χ3v) is 6.83. The molecular formula is C27H29F3N2O4. The van der Waals surface area contributed by atoms with Crippen LogP contribution >= 0.6 is 0 Å². The van der Waals surface area contributed by atoms with Gasteiger partial charge in [-0.3, -0.25) is 4.79 Å². The molecule has 4 rings (SSSR count). The maximum absolute atomic E-state index is 13.1. The van der Waals surface area contributed by atoms with Crippen LogP contribution in [0, 0.1) is 12.3 Å². The Balaban J connectivity index is 1.74. The van der Waals surface area contributed by atoms with Gasteiger partial charge in [-0.1, -0.05) is 19.9 Å². The van der Waals surface area contributed by atoms with E-state index in [0.717, 1.165) is 43.6 Å². The van der Waals surface area contributed by atoms with E-state index in [9.17, 15) is 27.9 Å². The standard InChI is InChI=1S/C27H29F3N2O4/c1-15-11-18(16(2)31-21-6-5-17(27(28,29)30)13-19(21)25(34)35)24-20(12-15)22(33)14-23(36-24)32-9-7-26(3,4)8-10-32/h5-6,11-14,16,31H,7-10H2,1-4H3,(H,34,35). The summed E-state index contributed by atoms with van der Waals surface area (Å²) in [6, 6.07) is 7.06. The van der Waals surface area contributed by atoms with E-state index in [2.05, 4.69) is 19.2 Å². The van der Waals surface area contributed by atoms with Crippen molar-refractivity contribution in [2.75, 3.05) is 23.3 Å². The summed E-state index contributed by atoms with van der Waals surface area (Å²) in [6.07, 6.45) is -2.75. The molecule has 2 heterocycles. The molecule has 1 atom stereocenters. The van der Waals surface area contributed by atoms with Gasteiger partial charge in [0.15, 0.2) is 11.3 Å². The van der Waals surface area contributed by atoms with Crippen LogP contribution in [-0.4, -0.2) is 24.2 Å². The van der Waals surface area contributed by atoms with Crippen LogP contribution in [0.1, 0.15) is 66.7 Å². The molecule has 2 N–H and O–H groups in total. The first-order valence-corrected chi connectivity index (χ1v) is 11.8. The summed E-state index contributed by atoms with van der Waals surface area (Å²) in [4.78, 5) is 26.8. The summed E-state index contributed by atoms with van der Waals surface area (Å²) in [6.45, 7) is 9.50. The van der Waals surface area contributed by atoms with Gasteiger partial charge in [0.2, 0.25) is 0 Å². The number of carbonyl (C=O) groups is 1. The quantitative estimate of drug-likeness (QED) is 0.408. The van der Waals surface area contributed by atoms with E-state index in [1.807, 2.05) is 17.9 Å². The Morgan fingerprint density at radius 3 is 2.42 bits per heavy atom. The van der Waals surface area contributed by atoms with Gasteiger partial charge in [0.05, 0.1) is 22.6 Å². The Morgan fingerprint density at radius 2 is 1.81 bits per heavy atom. The number of fused-ring (bicyclic) bond motifs is 1. The predicted octanol–water partition coefficient (Wildman–Crippen LogP) is 6.62. The highest BCUT2D eigenvalue weighted by atomic mass is 19.4. The molecule has 0 bridgehead atoms. The number of aryl methyl sites for hydroxylation is 1. The van der Waals surface area contributed by atoms with Crippen molar-refractivity contribution in [3.05, 3.63) is 68.9 Å². The Hall–Kier alpha value is -3.49. The lowest BCUT2D eigenvalue weighted by Gasteiger charge is -2.37. The molecule has 0 saturated carbocycles. The minimum absolute atomic E-state index is 0.0365. The third kappa shape index (κ3) is 5.20. The number of anilines is 2. The zero-order chi connectivity index (χ0) is 26.4. The molecule has 192 valence electrons.